The molecule has 0 aliphatic heterocycles. The average molecular weight is 387 g/mol. The molecular formula is C21H26N2O3S. The topological polar surface area (TPSA) is 59.6 Å². The second kappa shape index (κ2) is 10.6. The number of nitrogens with one attached hydrogen (secondary N) is 2. The van der Waals surface area contributed by atoms with Gasteiger partial charge in [0.25, 0.3) is 5.91 Å². The van der Waals surface area contributed by atoms with Gasteiger partial charge in [0.15, 0.2) is 5.11 Å². The van der Waals surface area contributed by atoms with Crippen molar-refractivity contribution in [3.8, 4) is 5.75 Å². The van der Waals surface area contributed by atoms with Gasteiger partial charge in [0.2, 0.25) is 0 Å². The lowest BCUT2D eigenvalue weighted by Crippen LogP contribution is -2.34. The van der Waals surface area contributed by atoms with Gasteiger partial charge in [-0.2, -0.15) is 0 Å². The summed E-state index contributed by atoms with van der Waals surface area (Å²) in [4.78, 5) is 12.4. The molecule has 0 radical (unpaired) electrons. The summed E-state index contributed by atoms with van der Waals surface area (Å²) in [6, 6.07) is 14.8. The average Bonchev–Trinajstić information content (AvgIpc) is 2.66. The largest absolute Gasteiger partial charge is 0.491 e. The van der Waals surface area contributed by atoms with Gasteiger partial charge in [-0.1, -0.05) is 32.0 Å². The Morgan fingerprint density at radius 3 is 2.44 bits per heavy atom. The van der Waals surface area contributed by atoms with Gasteiger partial charge in [0.05, 0.1) is 6.61 Å². The molecule has 0 aromatic heterocycles. The summed E-state index contributed by atoms with van der Waals surface area (Å²) in [5, 5.41) is 6.08. The van der Waals surface area contributed by atoms with E-state index in [0.29, 0.717) is 37.1 Å². The first kappa shape index (κ1) is 20.9. The van der Waals surface area contributed by atoms with Gasteiger partial charge in [-0.25, -0.2) is 0 Å². The molecule has 0 aliphatic carbocycles. The summed E-state index contributed by atoms with van der Waals surface area (Å²) in [7, 11) is 0. The van der Waals surface area contributed by atoms with Crippen LogP contribution in [0.5, 0.6) is 5.75 Å². The van der Waals surface area contributed by atoms with Gasteiger partial charge in [0, 0.05) is 17.9 Å². The summed E-state index contributed by atoms with van der Waals surface area (Å²) in [5.41, 5.74) is 2.55. The van der Waals surface area contributed by atoms with E-state index >= 15 is 0 Å². The summed E-state index contributed by atoms with van der Waals surface area (Å²) in [5.74, 6) is 0.774. The van der Waals surface area contributed by atoms with Crippen molar-refractivity contribution in [3.63, 3.8) is 0 Å². The van der Waals surface area contributed by atoms with Gasteiger partial charge < -0.3 is 14.8 Å². The molecule has 2 N–H and O–H groups in total. The summed E-state index contributed by atoms with van der Waals surface area (Å²) in [6.07, 6.45) is 0. The lowest BCUT2D eigenvalue weighted by Gasteiger charge is -2.15. The van der Waals surface area contributed by atoms with Crippen LogP contribution in [0.2, 0.25) is 0 Å². The van der Waals surface area contributed by atoms with E-state index in [0.717, 1.165) is 11.3 Å². The van der Waals surface area contributed by atoms with E-state index in [1.807, 2.05) is 31.2 Å². The van der Waals surface area contributed by atoms with Crippen LogP contribution in [0.25, 0.3) is 0 Å². The van der Waals surface area contributed by atoms with Crippen molar-refractivity contribution in [1.82, 2.24) is 5.32 Å². The quantitative estimate of drug-likeness (QED) is 0.522. The fraction of sp³-hybridized carbons (Fsp3) is 0.333. The van der Waals surface area contributed by atoms with Gasteiger partial charge in [-0.3, -0.25) is 10.1 Å². The van der Waals surface area contributed by atoms with Gasteiger partial charge in [0.1, 0.15) is 12.4 Å². The van der Waals surface area contributed by atoms with Crippen molar-refractivity contribution in [3.05, 3.63) is 59.7 Å². The van der Waals surface area contributed by atoms with Crippen molar-refractivity contribution >= 4 is 28.9 Å². The highest BCUT2D eigenvalue weighted by Crippen LogP contribution is 2.23. The number of benzene rings is 2. The second-order valence-electron chi connectivity index (χ2n) is 6.22. The number of amides is 1. The zero-order valence-electron chi connectivity index (χ0n) is 16.0. The summed E-state index contributed by atoms with van der Waals surface area (Å²) in [6.45, 7) is 7.84. The molecule has 2 aromatic rings. The molecule has 5 nitrogen and oxygen atoms in total. The van der Waals surface area contributed by atoms with Gasteiger partial charge in [-0.05, 0) is 61.0 Å². The smallest absolute Gasteiger partial charge is 0.257 e. The van der Waals surface area contributed by atoms with E-state index in [2.05, 4.69) is 24.5 Å². The lowest BCUT2D eigenvalue weighted by atomic mass is 10.0. The van der Waals surface area contributed by atoms with Crippen LogP contribution in [-0.2, 0) is 4.74 Å². The van der Waals surface area contributed by atoms with Crippen molar-refractivity contribution in [2.75, 3.05) is 25.1 Å². The maximum Gasteiger partial charge on any atom is 0.257 e. The molecule has 0 fully saturated rings. The third-order valence-electron chi connectivity index (χ3n) is 3.88. The molecular weight excluding hydrogens is 360 g/mol. The second-order valence-corrected chi connectivity index (χ2v) is 6.63. The third-order valence-corrected chi connectivity index (χ3v) is 4.08. The minimum absolute atomic E-state index is 0.268. The first-order valence-electron chi connectivity index (χ1n) is 9.03. The van der Waals surface area contributed by atoms with Crippen LogP contribution in [0.1, 0.15) is 42.6 Å². The Morgan fingerprint density at radius 2 is 1.78 bits per heavy atom. The molecule has 0 saturated heterocycles. The van der Waals surface area contributed by atoms with Gasteiger partial charge in [-0.15, -0.1) is 0 Å². The fourth-order valence-corrected chi connectivity index (χ4v) is 2.71. The lowest BCUT2D eigenvalue weighted by molar-refractivity contribution is 0.0977. The summed E-state index contributed by atoms with van der Waals surface area (Å²) >= 11 is 5.28. The molecule has 0 aliphatic rings. The van der Waals surface area contributed by atoms with Crippen molar-refractivity contribution in [1.29, 1.82) is 0 Å². The maximum atomic E-state index is 12.4. The molecule has 1 amide bonds. The molecule has 0 atom stereocenters. The molecule has 0 unspecified atom stereocenters. The van der Waals surface area contributed by atoms with E-state index in [-0.39, 0.29) is 11.0 Å². The Morgan fingerprint density at radius 1 is 1.07 bits per heavy atom. The van der Waals surface area contributed by atoms with Crippen molar-refractivity contribution in [2.24, 2.45) is 0 Å². The highest BCUT2D eigenvalue weighted by atomic mass is 32.1. The summed E-state index contributed by atoms with van der Waals surface area (Å²) < 4.78 is 10.8. The van der Waals surface area contributed by atoms with E-state index in [1.165, 1.54) is 0 Å². The molecule has 2 rings (SSSR count). The normalized spacial score (nSPS) is 10.5. The number of rotatable bonds is 8. The highest BCUT2D eigenvalue weighted by molar-refractivity contribution is 7.80. The Hall–Kier alpha value is -2.44. The molecule has 0 bridgehead atoms. The maximum absolute atomic E-state index is 12.4. The molecule has 6 heteroatoms. The number of ether oxygens (including phenoxy) is 2. The third kappa shape index (κ3) is 6.66. The van der Waals surface area contributed by atoms with E-state index in [4.69, 9.17) is 21.7 Å². The first-order valence-corrected chi connectivity index (χ1v) is 9.44. The number of carbonyl (C=O) groups is 1. The molecule has 27 heavy (non-hydrogen) atoms. The number of anilines is 1. The van der Waals surface area contributed by atoms with E-state index in [1.54, 1.807) is 24.3 Å². The number of hydrogen-bond donors (Lipinski definition) is 2. The number of hydrogen-bond acceptors (Lipinski definition) is 4. The minimum Gasteiger partial charge on any atom is -0.491 e. The minimum atomic E-state index is -0.268. The Bertz CT molecular complexity index is 760. The van der Waals surface area contributed by atoms with E-state index in [9.17, 15) is 4.79 Å². The van der Waals surface area contributed by atoms with E-state index < -0.39 is 0 Å². The zero-order valence-corrected chi connectivity index (χ0v) is 16.8. The van der Waals surface area contributed by atoms with Crippen LogP contribution >= 0.6 is 12.2 Å². The van der Waals surface area contributed by atoms with Crippen LogP contribution in [0, 0.1) is 0 Å². The van der Waals surface area contributed by atoms with Gasteiger partial charge >= 0.3 is 0 Å². The number of carbonyl (C=O) groups excluding carboxylic acids is 1. The van der Waals surface area contributed by atoms with Crippen LogP contribution in [0.3, 0.4) is 0 Å². The number of thiocarbonyl (C=S) groups is 1. The Labute approximate surface area is 166 Å². The monoisotopic (exact) mass is 386 g/mol. The van der Waals surface area contributed by atoms with Crippen molar-refractivity contribution in [2.45, 2.75) is 26.7 Å². The molecule has 0 spiro atoms. The van der Waals surface area contributed by atoms with Crippen LogP contribution in [0.15, 0.2) is 48.5 Å². The van der Waals surface area contributed by atoms with Crippen LogP contribution in [-0.4, -0.2) is 30.8 Å². The Kier molecular flexibility index (Phi) is 8.23. The van der Waals surface area contributed by atoms with Crippen molar-refractivity contribution < 1.29 is 14.3 Å². The highest BCUT2D eigenvalue weighted by Gasteiger charge is 2.11. The standard InChI is InChI=1S/C21H26N2O3S/c1-4-25-13-14-26-17-11-9-16(10-12-17)20(24)23-21(27)22-19-8-6-5-7-18(19)15(2)3/h5-12,15H,4,13-14H2,1-3H3,(H2,22,23,24,27). The SMILES string of the molecule is CCOCCOc1ccc(C(=O)NC(=S)Nc2ccccc2C(C)C)cc1. The van der Waals surface area contributed by atoms with Crippen LogP contribution < -0.4 is 15.4 Å². The first-order chi connectivity index (χ1) is 13.0. The molecule has 0 saturated carbocycles. The molecule has 0 heterocycles. The molecule has 2 aromatic carbocycles. The Balaban J connectivity index is 1.90. The zero-order chi connectivity index (χ0) is 19.6. The predicted octanol–water partition coefficient (Wildman–Crippen LogP) is 4.35. The van der Waals surface area contributed by atoms with Crippen LogP contribution in [0.4, 0.5) is 5.69 Å². The fourth-order valence-electron chi connectivity index (χ4n) is 2.51. The molecule has 144 valence electrons. The predicted molar refractivity (Wildman–Crippen MR) is 113 cm³/mol. The number of para-hydroxylation sites is 1.